The molecular weight excluding hydrogens is 397 g/mol. The molecule has 0 heterocycles. The summed E-state index contributed by atoms with van der Waals surface area (Å²) in [5, 5.41) is 1.92. The minimum atomic E-state index is -3.57. The van der Waals surface area contributed by atoms with Gasteiger partial charge in [0.2, 0.25) is 0 Å². The first-order valence-electron chi connectivity index (χ1n) is 6.32. The van der Waals surface area contributed by atoms with Gasteiger partial charge < -0.3 is 0 Å². The molecule has 3 rings (SSSR count). The topological polar surface area (TPSA) is 46.2 Å². The van der Waals surface area contributed by atoms with Gasteiger partial charge >= 0.3 is 0 Å². The van der Waals surface area contributed by atoms with Crippen LogP contribution in [0.2, 0.25) is 0 Å². The maximum Gasteiger partial charge on any atom is 0.261 e. The zero-order chi connectivity index (χ0) is 14.9. The summed E-state index contributed by atoms with van der Waals surface area (Å²) in [6, 6.07) is 20.0. The average molecular weight is 409 g/mol. The molecule has 0 radical (unpaired) electrons. The highest BCUT2D eigenvalue weighted by atomic mass is 127. The fraction of sp³-hybridized carbons (Fsp3) is 0. The SMILES string of the molecule is O=S(=O)(Nc1ccc(I)cc1)c1ccc2ccccc2c1. The van der Waals surface area contributed by atoms with E-state index in [4.69, 9.17) is 0 Å². The predicted octanol–water partition coefficient (Wildman–Crippen LogP) is 4.25. The van der Waals surface area contributed by atoms with Crippen LogP contribution in [-0.2, 0) is 10.0 Å². The van der Waals surface area contributed by atoms with E-state index >= 15 is 0 Å². The highest BCUT2D eigenvalue weighted by Crippen LogP contribution is 2.21. The first kappa shape index (κ1) is 14.3. The molecule has 0 atom stereocenters. The second kappa shape index (κ2) is 5.65. The minimum Gasteiger partial charge on any atom is -0.280 e. The van der Waals surface area contributed by atoms with Crippen LogP contribution in [0.5, 0.6) is 0 Å². The monoisotopic (exact) mass is 409 g/mol. The van der Waals surface area contributed by atoms with Crippen LogP contribution < -0.4 is 4.72 Å². The lowest BCUT2D eigenvalue weighted by Gasteiger charge is -2.09. The first-order valence-corrected chi connectivity index (χ1v) is 8.88. The number of rotatable bonds is 3. The molecule has 0 saturated heterocycles. The minimum absolute atomic E-state index is 0.264. The molecule has 3 aromatic carbocycles. The van der Waals surface area contributed by atoms with E-state index in [2.05, 4.69) is 27.3 Å². The standard InChI is InChI=1S/C16H12INO2S/c17-14-6-8-15(9-7-14)18-21(19,20)16-10-5-12-3-1-2-4-13(12)11-16/h1-11,18H. The molecular formula is C16H12INO2S. The van der Waals surface area contributed by atoms with Crippen molar-refractivity contribution in [3.63, 3.8) is 0 Å². The van der Waals surface area contributed by atoms with E-state index in [1.807, 2.05) is 42.5 Å². The van der Waals surface area contributed by atoms with Crippen molar-refractivity contribution in [3.05, 3.63) is 70.3 Å². The Bertz CT molecular complexity index is 890. The highest BCUT2D eigenvalue weighted by Gasteiger charge is 2.14. The van der Waals surface area contributed by atoms with Crippen molar-refractivity contribution in [2.75, 3.05) is 4.72 Å². The highest BCUT2D eigenvalue weighted by molar-refractivity contribution is 14.1. The first-order chi connectivity index (χ1) is 10.0. The molecule has 0 bridgehead atoms. The van der Waals surface area contributed by atoms with E-state index in [9.17, 15) is 8.42 Å². The van der Waals surface area contributed by atoms with E-state index in [1.54, 1.807) is 24.3 Å². The van der Waals surface area contributed by atoms with E-state index < -0.39 is 10.0 Å². The Hall–Kier alpha value is -1.60. The van der Waals surface area contributed by atoms with Crippen molar-refractivity contribution in [2.45, 2.75) is 4.90 Å². The Labute approximate surface area is 137 Å². The van der Waals surface area contributed by atoms with Crippen molar-refractivity contribution in [3.8, 4) is 0 Å². The van der Waals surface area contributed by atoms with Crippen LogP contribution >= 0.6 is 22.6 Å². The van der Waals surface area contributed by atoms with E-state index in [1.165, 1.54) is 0 Å². The molecule has 0 saturated carbocycles. The van der Waals surface area contributed by atoms with Crippen molar-refractivity contribution in [1.82, 2.24) is 0 Å². The maximum atomic E-state index is 12.4. The van der Waals surface area contributed by atoms with Gasteiger partial charge in [-0.2, -0.15) is 0 Å². The number of anilines is 1. The summed E-state index contributed by atoms with van der Waals surface area (Å²) in [5.41, 5.74) is 0.559. The van der Waals surface area contributed by atoms with Gasteiger partial charge in [0.05, 0.1) is 4.90 Å². The number of nitrogens with one attached hydrogen (secondary N) is 1. The molecule has 21 heavy (non-hydrogen) atoms. The van der Waals surface area contributed by atoms with Gasteiger partial charge in [-0.05, 0) is 69.8 Å². The second-order valence-corrected chi connectivity index (χ2v) is 7.55. The summed E-state index contributed by atoms with van der Waals surface area (Å²) in [5.74, 6) is 0. The molecule has 0 fully saturated rings. The molecule has 5 heteroatoms. The molecule has 0 aromatic heterocycles. The van der Waals surface area contributed by atoms with Crippen molar-refractivity contribution < 1.29 is 8.42 Å². The van der Waals surface area contributed by atoms with Gasteiger partial charge in [0, 0.05) is 9.26 Å². The molecule has 1 N–H and O–H groups in total. The summed E-state index contributed by atoms with van der Waals surface area (Å²) in [4.78, 5) is 0.264. The van der Waals surface area contributed by atoms with Crippen LogP contribution in [0, 0.1) is 3.57 Å². The Morgan fingerprint density at radius 3 is 2.19 bits per heavy atom. The average Bonchev–Trinajstić information content (AvgIpc) is 2.49. The third kappa shape index (κ3) is 3.19. The summed E-state index contributed by atoms with van der Waals surface area (Å²) in [6.07, 6.45) is 0. The lowest BCUT2D eigenvalue weighted by molar-refractivity contribution is 0.601. The van der Waals surface area contributed by atoms with Crippen LogP contribution in [-0.4, -0.2) is 8.42 Å². The van der Waals surface area contributed by atoms with Gasteiger partial charge in [0.1, 0.15) is 0 Å². The number of hydrogen-bond acceptors (Lipinski definition) is 2. The van der Waals surface area contributed by atoms with Gasteiger partial charge in [0.15, 0.2) is 0 Å². The number of hydrogen-bond donors (Lipinski definition) is 1. The molecule has 0 aliphatic carbocycles. The predicted molar refractivity (Wildman–Crippen MR) is 93.9 cm³/mol. The van der Waals surface area contributed by atoms with Crippen LogP contribution in [0.1, 0.15) is 0 Å². The van der Waals surface area contributed by atoms with Crippen molar-refractivity contribution in [1.29, 1.82) is 0 Å². The second-order valence-electron chi connectivity index (χ2n) is 4.62. The number of fused-ring (bicyclic) bond motifs is 1. The fourth-order valence-electron chi connectivity index (χ4n) is 2.07. The van der Waals surface area contributed by atoms with Gasteiger partial charge in [0.25, 0.3) is 10.0 Å². The smallest absolute Gasteiger partial charge is 0.261 e. The van der Waals surface area contributed by atoms with Gasteiger partial charge in [-0.25, -0.2) is 8.42 Å². The van der Waals surface area contributed by atoms with E-state index in [0.717, 1.165) is 14.3 Å². The molecule has 3 aromatic rings. The quantitative estimate of drug-likeness (QED) is 0.658. The number of benzene rings is 3. The summed E-state index contributed by atoms with van der Waals surface area (Å²) >= 11 is 2.18. The molecule has 0 aliphatic rings. The number of sulfonamides is 1. The Kier molecular flexibility index (Phi) is 3.86. The van der Waals surface area contributed by atoms with Crippen LogP contribution in [0.25, 0.3) is 10.8 Å². The zero-order valence-electron chi connectivity index (χ0n) is 11.0. The largest absolute Gasteiger partial charge is 0.280 e. The van der Waals surface area contributed by atoms with E-state index in [-0.39, 0.29) is 4.90 Å². The van der Waals surface area contributed by atoms with Crippen molar-refractivity contribution in [2.24, 2.45) is 0 Å². The maximum absolute atomic E-state index is 12.4. The van der Waals surface area contributed by atoms with Gasteiger partial charge in [-0.3, -0.25) is 4.72 Å². The Morgan fingerprint density at radius 1 is 0.810 bits per heavy atom. The summed E-state index contributed by atoms with van der Waals surface area (Å²) in [6.45, 7) is 0. The van der Waals surface area contributed by atoms with Crippen LogP contribution in [0.4, 0.5) is 5.69 Å². The molecule has 0 amide bonds. The van der Waals surface area contributed by atoms with E-state index in [0.29, 0.717) is 5.69 Å². The normalized spacial score (nSPS) is 11.5. The lowest BCUT2D eigenvalue weighted by Crippen LogP contribution is -2.12. The Balaban J connectivity index is 1.97. The summed E-state index contributed by atoms with van der Waals surface area (Å²) < 4.78 is 28.5. The molecule has 0 spiro atoms. The van der Waals surface area contributed by atoms with Gasteiger partial charge in [-0.1, -0.05) is 30.3 Å². The van der Waals surface area contributed by atoms with Crippen LogP contribution in [0.3, 0.4) is 0 Å². The van der Waals surface area contributed by atoms with Crippen LogP contribution in [0.15, 0.2) is 71.6 Å². The Morgan fingerprint density at radius 2 is 1.48 bits per heavy atom. The van der Waals surface area contributed by atoms with Gasteiger partial charge in [-0.15, -0.1) is 0 Å². The third-order valence-corrected chi connectivity index (χ3v) is 5.23. The third-order valence-electron chi connectivity index (χ3n) is 3.13. The zero-order valence-corrected chi connectivity index (χ0v) is 13.9. The molecule has 3 nitrogen and oxygen atoms in total. The summed E-state index contributed by atoms with van der Waals surface area (Å²) in [7, 11) is -3.57. The number of halogens is 1. The molecule has 0 unspecified atom stereocenters. The molecule has 0 aliphatic heterocycles. The lowest BCUT2D eigenvalue weighted by atomic mass is 10.1. The molecule has 106 valence electrons. The van der Waals surface area contributed by atoms with Crippen molar-refractivity contribution >= 4 is 49.1 Å². The fourth-order valence-corrected chi connectivity index (χ4v) is 3.52.